The fraction of sp³-hybridized carbons (Fsp3) is 0.367. The van der Waals surface area contributed by atoms with Gasteiger partial charge in [-0.3, -0.25) is 9.59 Å². The summed E-state index contributed by atoms with van der Waals surface area (Å²) in [6, 6.07) is 13.6. The number of anilines is 1. The van der Waals surface area contributed by atoms with Crippen LogP contribution in [0.5, 0.6) is 11.5 Å². The van der Waals surface area contributed by atoms with Crippen LogP contribution in [0.2, 0.25) is 0 Å². The van der Waals surface area contributed by atoms with Crippen LogP contribution in [0.15, 0.2) is 77.1 Å². The van der Waals surface area contributed by atoms with E-state index in [0.717, 1.165) is 44.2 Å². The summed E-state index contributed by atoms with van der Waals surface area (Å²) in [4.78, 5) is 26.1. The normalized spacial score (nSPS) is 19.8. The van der Waals surface area contributed by atoms with Crippen molar-refractivity contribution >= 4 is 24.1 Å². The monoisotopic (exact) mass is 551 g/mol. The number of hydrogen-bond acceptors (Lipinski definition) is 8. The van der Waals surface area contributed by atoms with Crippen molar-refractivity contribution < 1.29 is 23.5 Å². The maximum atomic E-state index is 13.9. The molecular weight excluding hydrogens is 513 g/mol. The highest BCUT2D eigenvalue weighted by Crippen LogP contribution is 2.39. The zero-order chi connectivity index (χ0) is 28.9. The summed E-state index contributed by atoms with van der Waals surface area (Å²) in [6.45, 7) is 3.18. The van der Waals surface area contributed by atoms with Gasteiger partial charge in [-0.2, -0.15) is 5.10 Å². The molecule has 2 unspecified atom stereocenters. The Bertz CT molecular complexity index is 1210. The zero-order valence-corrected chi connectivity index (χ0v) is 23.3. The van der Waals surface area contributed by atoms with Crippen LogP contribution in [0.25, 0.3) is 0 Å². The predicted molar refractivity (Wildman–Crippen MR) is 155 cm³/mol. The van der Waals surface area contributed by atoms with E-state index in [0.29, 0.717) is 36.1 Å². The molecule has 214 valence electrons. The number of hydrazone groups is 1. The van der Waals surface area contributed by atoms with Gasteiger partial charge in [0.1, 0.15) is 18.3 Å². The lowest BCUT2D eigenvalue weighted by molar-refractivity contribution is -0.105. The maximum absolute atomic E-state index is 13.9. The number of halogens is 1. The fourth-order valence-electron chi connectivity index (χ4n) is 5.05. The molecule has 0 bridgehead atoms. The van der Waals surface area contributed by atoms with Crippen molar-refractivity contribution in [2.24, 2.45) is 22.7 Å². The second-order valence-corrected chi connectivity index (χ2v) is 9.57. The van der Waals surface area contributed by atoms with Gasteiger partial charge in [-0.1, -0.05) is 18.2 Å². The molecule has 0 spiro atoms. The number of carbonyl (C=O) groups excluding carboxylic acids is 2. The molecule has 1 fully saturated rings. The minimum absolute atomic E-state index is 0.0696. The van der Waals surface area contributed by atoms with E-state index in [1.54, 1.807) is 50.6 Å². The summed E-state index contributed by atoms with van der Waals surface area (Å²) in [7, 11) is 5.38. The highest BCUT2D eigenvalue weighted by Gasteiger charge is 2.39. The number of methoxy groups -OCH3 is 1. The number of benzene rings is 2. The number of rotatable bonds is 10. The number of aldehydes is 2. The van der Waals surface area contributed by atoms with Crippen molar-refractivity contribution in [2.75, 3.05) is 52.3 Å². The van der Waals surface area contributed by atoms with Crippen molar-refractivity contribution in [1.82, 2.24) is 10.3 Å². The highest BCUT2D eigenvalue weighted by molar-refractivity contribution is 6.06. The van der Waals surface area contributed by atoms with Crippen LogP contribution >= 0.6 is 0 Å². The number of nitrogens with one attached hydrogen (secondary N) is 1. The van der Waals surface area contributed by atoms with Crippen LogP contribution in [-0.4, -0.2) is 70.8 Å². The molecule has 0 aliphatic carbocycles. The molecule has 0 radical (unpaired) electrons. The molecule has 4 rings (SSSR count). The summed E-state index contributed by atoms with van der Waals surface area (Å²) >= 11 is 0. The smallest absolute Gasteiger partial charge is 0.167 e. The van der Waals surface area contributed by atoms with Crippen LogP contribution in [-0.2, 0) is 14.3 Å². The Hall–Kier alpha value is -4.02. The minimum atomic E-state index is -0.418. The number of carbonyl (C=O) groups is 2. The number of allylic oxidation sites excluding steroid dienone is 1. The van der Waals surface area contributed by atoms with Crippen molar-refractivity contribution in [3.8, 4) is 11.5 Å². The predicted octanol–water partition coefficient (Wildman–Crippen LogP) is 3.73. The molecule has 0 aromatic heterocycles. The first-order valence-electron chi connectivity index (χ1n) is 13.2. The van der Waals surface area contributed by atoms with Gasteiger partial charge in [-0.05, 0) is 74.8 Å². The van der Waals surface area contributed by atoms with Gasteiger partial charge in [-0.15, -0.1) is 0 Å². The molecule has 0 amide bonds. The molecule has 0 saturated carbocycles. The lowest BCUT2D eigenvalue weighted by atomic mass is 9.82. The second kappa shape index (κ2) is 15.5. The molecule has 40 heavy (non-hydrogen) atoms. The number of para-hydroxylation sites is 1. The van der Waals surface area contributed by atoms with Crippen molar-refractivity contribution in [3.63, 3.8) is 0 Å². The standard InChI is InChI=1S/C25H30FN5O2.C5H8O2/c1-28-29-25(27)24-21(16-32)20(17-6-5-13-30(2)14-17)15-31(24)18-9-11-19(12-10-18)33-23-8-4-3-7-22(23)26;1-7-5-3-2-4-6/h3-4,7-12,16-17,20,28H,5-6,13-15H2,1-2H3,(H2,27,29);2-4H,5H2,1H3/b;3-2+. The van der Waals surface area contributed by atoms with Crippen LogP contribution in [0.4, 0.5) is 10.1 Å². The van der Waals surface area contributed by atoms with E-state index >= 15 is 0 Å². The molecule has 2 heterocycles. The average molecular weight is 552 g/mol. The Morgan fingerprint density at radius 2 is 1.93 bits per heavy atom. The second-order valence-electron chi connectivity index (χ2n) is 9.57. The zero-order valence-electron chi connectivity index (χ0n) is 23.3. The maximum Gasteiger partial charge on any atom is 0.167 e. The quantitative estimate of drug-likeness (QED) is 0.151. The topological polar surface area (TPSA) is 109 Å². The molecule has 2 atom stereocenters. The first kappa shape index (κ1) is 30.5. The Morgan fingerprint density at radius 1 is 1.18 bits per heavy atom. The van der Waals surface area contributed by atoms with Crippen molar-refractivity contribution in [2.45, 2.75) is 12.8 Å². The van der Waals surface area contributed by atoms with Gasteiger partial charge in [-0.25, -0.2) is 4.39 Å². The number of piperidine rings is 1. The Balaban J connectivity index is 0.000000559. The average Bonchev–Trinajstić information content (AvgIpc) is 3.35. The molecule has 10 heteroatoms. The molecular formula is C30H38FN5O4. The van der Waals surface area contributed by atoms with Gasteiger partial charge >= 0.3 is 0 Å². The summed E-state index contributed by atoms with van der Waals surface area (Å²) in [5, 5.41) is 4.17. The fourth-order valence-corrected chi connectivity index (χ4v) is 5.05. The third kappa shape index (κ3) is 8.00. The molecule has 1 saturated heterocycles. The number of likely N-dealkylation sites (tertiary alicyclic amines) is 1. The Kier molecular flexibility index (Phi) is 11.9. The van der Waals surface area contributed by atoms with E-state index in [4.69, 9.17) is 10.5 Å². The summed E-state index contributed by atoms with van der Waals surface area (Å²) in [6.07, 6.45) is 6.89. The van der Waals surface area contributed by atoms with E-state index in [9.17, 15) is 14.0 Å². The van der Waals surface area contributed by atoms with Gasteiger partial charge in [0.25, 0.3) is 0 Å². The molecule has 2 aliphatic heterocycles. The molecule has 3 N–H and O–H groups in total. The first-order chi connectivity index (χ1) is 19.4. The van der Waals surface area contributed by atoms with Gasteiger partial charge in [0.2, 0.25) is 0 Å². The molecule has 2 aromatic carbocycles. The van der Waals surface area contributed by atoms with Gasteiger partial charge in [0.05, 0.1) is 12.3 Å². The molecule has 2 aromatic rings. The van der Waals surface area contributed by atoms with Gasteiger partial charge in [0.15, 0.2) is 17.4 Å². The van der Waals surface area contributed by atoms with Gasteiger partial charge in [0, 0.05) is 44.4 Å². The lowest BCUT2D eigenvalue weighted by Crippen LogP contribution is -2.38. The summed E-state index contributed by atoms with van der Waals surface area (Å²) in [5.74, 6) is 0.986. The van der Waals surface area contributed by atoms with E-state index in [1.807, 2.05) is 17.0 Å². The van der Waals surface area contributed by atoms with Crippen LogP contribution in [0, 0.1) is 17.7 Å². The number of ether oxygens (including phenoxy) is 2. The third-order valence-electron chi connectivity index (χ3n) is 6.84. The molecule has 2 aliphatic rings. The minimum Gasteiger partial charge on any atom is -0.454 e. The first-order valence-corrected chi connectivity index (χ1v) is 13.2. The van der Waals surface area contributed by atoms with Gasteiger partial charge < -0.3 is 30.4 Å². The number of nitrogens with two attached hydrogens (primary N) is 1. The van der Waals surface area contributed by atoms with Crippen LogP contribution in [0.3, 0.4) is 0 Å². The van der Waals surface area contributed by atoms with E-state index in [2.05, 4.69) is 27.2 Å². The number of hydrogen-bond donors (Lipinski definition) is 2. The van der Waals surface area contributed by atoms with Crippen molar-refractivity contribution in [3.05, 3.63) is 77.8 Å². The van der Waals surface area contributed by atoms with Crippen molar-refractivity contribution in [1.29, 1.82) is 0 Å². The van der Waals surface area contributed by atoms with E-state index in [-0.39, 0.29) is 17.5 Å². The molecule has 9 nitrogen and oxygen atoms in total. The summed E-state index contributed by atoms with van der Waals surface area (Å²) in [5.41, 5.74) is 11.2. The third-order valence-corrected chi connectivity index (χ3v) is 6.84. The van der Waals surface area contributed by atoms with Crippen LogP contribution in [0.1, 0.15) is 12.8 Å². The van der Waals surface area contributed by atoms with Crippen LogP contribution < -0.4 is 20.8 Å². The highest BCUT2D eigenvalue weighted by atomic mass is 19.1. The summed E-state index contributed by atoms with van der Waals surface area (Å²) < 4.78 is 24.2. The Labute approximate surface area is 235 Å². The SMILES string of the molecule is CN/N=C(/N)C1=C(C=O)C(C2CCCN(C)C2)CN1c1ccc(Oc2ccccc2F)cc1.COC/C=C/C=O. The largest absolute Gasteiger partial charge is 0.454 e. The van der Waals surface area contributed by atoms with E-state index in [1.165, 1.54) is 12.1 Å². The van der Waals surface area contributed by atoms with E-state index < -0.39 is 5.82 Å². The Morgan fingerprint density at radius 3 is 2.55 bits per heavy atom. The lowest BCUT2D eigenvalue weighted by Gasteiger charge is -2.34. The number of nitrogens with zero attached hydrogens (tertiary/aromatic N) is 3. The number of amidine groups is 1.